The normalized spacial score (nSPS) is 11.3. The Balaban J connectivity index is 2.20. The third kappa shape index (κ3) is 4.58. The van der Waals surface area contributed by atoms with Crippen LogP contribution in [0.4, 0.5) is 5.69 Å². The van der Waals surface area contributed by atoms with E-state index in [2.05, 4.69) is 23.3 Å². The second kappa shape index (κ2) is 7.49. The Morgan fingerprint density at radius 3 is 2.38 bits per heavy atom. The lowest BCUT2D eigenvalue weighted by Gasteiger charge is -2.10. The van der Waals surface area contributed by atoms with Crippen molar-refractivity contribution in [1.29, 1.82) is 0 Å². The van der Waals surface area contributed by atoms with Crippen molar-refractivity contribution in [2.45, 2.75) is 25.2 Å². The standard InChI is InChI=1S/C18H21NO4S/c1-13(2)11-14-7-9-17(10-8-14)24(21,22)19-16-6-4-5-15(12-16)18(20)23-3/h4-10,12-13,19H,11H2,1-3H3. The largest absolute Gasteiger partial charge is 0.465 e. The number of sulfonamides is 1. The lowest BCUT2D eigenvalue weighted by atomic mass is 10.0. The highest BCUT2D eigenvalue weighted by atomic mass is 32.2. The van der Waals surface area contributed by atoms with Gasteiger partial charge >= 0.3 is 5.97 Å². The first-order valence-corrected chi connectivity index (χ1v) is 9.10. The van der Waals surface area contributed by atoms with E-state index in [1.54, 1.807) is 30.3 Å². The molecule has 0 radical (unpaired) electrons. The van der Waals surface area contributed by atoms with Crippen LogP contribution < -0.4 is 4.72 Å². The molecule has 0 aliphatic rings. The molecule has 128 valence electrons. The first-order valence-electron chi connectivity index (χ1n) is 7.62. The number of nitrogens with one attached hydrogen (secondary N) is 1. The summed E-state index contributed by atoms with van der Waals surface area (Å²) in [5, 5.41) is 0. The number of anilines is 1. The molecule has 0 saturated carbocycles. The van der Waals surface area contributed by atoms with Crippen LogP contribution in [0.15, 0.2) is 53.4 Å². The summed E-state index contributed by atoms with van der Waals surface area (Å²) in [7, 11) is -2.43. The van der Waals surface area contributed by atoms with E-state index in [0.29, 0.717) is 11.6 Å². The topological polar surface area (TPSA) is 72.5 Å². The quantitative estimate of drug-likeness (QED) is 0.812. The maximum absolute atomic E-state index is 12.5. The molecule has 0 amide bonds. The van der Waals surface area contributed by atoms with E-state index in [-0.39, 0.29) is 10.5 Å². The van der Waals surface area contributed by atoms with Gasteiger partial charge in [0.15, 0.2) is 0 Å². The molecule has 0 bridgehead atoms. The molecule has 0 heterocycles. The van der Waals surface area contributed by atoms with Crippen molar-refractivity contribution in [2.24, 2.45) is 5.92 Å². The molecule has 0 aliphatic heterocycles. The van der Waals surface area contributed by atoms with Gasteiger partial charge in [-0.25, -0.2) is 13.2 Å². The maximum Gasteiger partial charge on any atom is 0.337 e. The third-order valence-electron chi connectivity index (χ3n) is 3.41. The van der Waals surface area contributed by atoms with Crippen LogP contribution in [0.3, 0.4) is 0 Å². The number of benzene rings is 2. The van der Waals surface area contributed by atoms with E-state index in [9.17, 15) is 13.2 Å². The van der Waals surface area contributed by atoms with Gasteiger partial charge in [0, 0.05) is 5.69 Å². The minimum absolute atomic E-state index is 0.179. The zero-order valence-corrected chi connectivity index (χ0v) is 14.8. The molecule has 1 N–H and O–H groups in total. The van der Waals surface area contributed by atoms with Crippen molar-refractivity contribution >= 4 is 21.7 Å². The Morgan fingerprint density at radius 2 is 1.79 bits per heavy atom. The Hall–Kier alpha value is -2.34. The van der Waals surface area contributed by atoms with Crippen LogP contribution in [0.2, 0.25) is 0 Å². The number of hydrogen-bond acceptors (Lipinski definition) is 4. The van der Waals surface area contributed by atoms with Gasteiger partial charge in [-0.15, -0.1) is 0 Å². The molecular formula is C18H21NO4S. The molecule has 2 aromatic rings. The van der Waals surface area contributed by atoms with Gasteiger partial charge in [-0.2, -0.15) is 0 Å². The highest BCUT2D eigenvalue weighted by Crippen LogP contribution is 2.19. The molecule has 6 heteroatoms. The van der Waals surface area contributed by atoms with Crippen LogP contribution in [-0.2, 0) is 21.2 Å². The molecule has 0 spiro atoms. The summed E-state index contributed by atoms with van der Waals surface area (Å²) in [6.07, 6.45) is 0.898. The Bertz CT molecular complexity index is 811. The van der Waals surface area contributed by atoms with E-state index in [1.807, 2.05) is 12.1 Å². The molecule has 0 unspecified atom stereocenters. The van der Waals surface area contributed by atoms with Crippen LogP contribution >= 0.6 is 0 Å². The van der Waals surface area contributed by atoms with Crippen molar-refractivity contribution < 1.29 is 17.9 Å². The van der Waals surface area contributed by atoms with Crippen molar-refractivity contribution in [2.75, 3.05) is 11.8 Å². The van der Waals surface area contributed by atoms with Gasteiger partial charge in [0.2, 0.25) is 0 Å². The lowest BCUT2D eigenvalue weighted by Crippen LogP contribution is -2.13. The van der Waals surface area contributed by atoms with Crippen molar-refractivity contribution in [3.05, 3.63) is 59.7 Å². The van der Waals surface area contributed by atoms with E-state index in [4.69, 9.17) is 0 Å². The van der Waals surface area contributed by atoms with Gasteiger partial charge in [-0.05, 0) is 48.2 Å². The predicted octanol–water partition coefficient (Wildman–Crippen LogP) is 3.47. The first-order chi connectivity index (χ1) is 11.3. The Labute approximate surface area is 142 Å². The monoisotopic (exact) mass is 347 g/mol. The Kier molecular flexibility index (Phi) is 5.62. The number of methoxy groups -OCH3 is 1. The predicted molar refractivity (Wildman–Crippen MR) is 93.6 cm³/mol. The third-order valence-corrected chi connectivity index (χ3v) is 4.81. The molecule has 24 heavy (non-hydrogen) atoms. The highest BCUT2D eigenvalue weighted by molar-refractivity contribution is 7.92. The van der Waals surface area contributed by atoms with Crippen LogP contribution in [0.1, 0.15) is 29.8 Å². The smallest absolute Gasteiger partial charge is 0.337 e. The molecule has 5 nitrogen and oxygen atoms in total. The average molecular weight is 347 g/mol. The summed E-state index contributed by atoms with van der Waals surface area (Å²) in [6, 6.07) is 13.0. The van der Waals surface area contributed by atoms with Gasteiger partial charge in [0.25, 0.3) is 10.0 Å². The number of carbonyl (C=O) groups is 1. The first kappa shape index (κ1) is 18.0. The molecule has 0 aliphatic carbocycles. The fourth-order valence-corrected chi connectivity index (χ4v) is 3.37. The highest BCUT2D eigenvalue weighted by Gasteiger charge is 2.15. The molecular weight excluding hydrogens is 326 g/mol. The van der Waals surface area contributed by atoms with Gasteiger partial charge < -0.3 is 4.74 Å². The van der Waals surface area contributed by atoms with Gasteiger partial charge in [0.1, 0.15) is 0 Å². The summed E-state index contributed by atoms with van der Waals surface area (Å²) in [5.41, 5.74) is 1.69. The van der Waals surface area contributed by atoms with Crippen LogP contribution in [0.5, 0.6) is 0 Å². The fraction of sp³-hybridized carbons (Fsp3) is 0.278. The maximum atomic E-state index is 12.5. The summed E-state index contributed by atoms with van der Waals surface area (Å²) < 4.78 is 32.0. The molecule has 0 aromatic heterocycles. The summed E-state index contributed by atoms with van der Waals surface area (Å²) in [5.74, 6) is -0.0132. The van der Waals surface area contributed by atoms with E-state index < -0.39 is 16.0 Å². The van der Waals surface area contributed by atoms with Crippen molar-refractivity contribution in [3.8, 4) is 0 Å². The van der Waals surface area contributed by atoms with Gasteiger partial charge in [-0.1, -0.05) is 32.0 Å². The van der Waals surface area contributed by atoms with Crippen LogP contribution in [0.25, 0.3) is 0 Å². The van der Waals surface area contributed by atoms with Gasteiger partial charge in [0.05, 0.1) is 17.6 Å². The lowest BCUT2D eigenvalue weighted by molar-refractivity contribution is 0.0601. The minimum atomic E-state index is -3.71. The minimum Gasteiger partial charge on any atom is -0.465 e. The van der Waals surface area contributed by atoms with Crippen LogP contribution in [0, 0.1) is 5.92 Å². The summed E-state index contributed by atoms with van der Waals surface area (Å²) in [6.45, 7) is 4.22. The SMILES string of the molecule is COC(=O)c1cccc(NS(=O)(=O)c2ccc(CC(C)C)cc2)c1. The van der Waals surface area contributed by atoms with Crippen molar-refractivity contribution in [3.63, 3.8) is 0 Å². The van der Waals surface area contributed by atoms with E-state index in [0.717, 1.165) is 12.0 Å². The zero-order chi connectivity index (χ0) is 17.7. The van der Waals surface area contributed by atoms with Crippen molar-refractivity contribution in [1.82, 2.24) is 0 Å². The average Bonchev–Trinajstić information content (AvgIpc) is 2.54. The number of ether oxygens (including phenoxy) is 1. The molecule has 0 atom stereocenters. The second-order valence-corrected chi connectivity index (χ2v) is 7.60. The summed E-state index contributed by atoms with van der Waals surface area (Å²) >= 11 is 0. The molecule has 0 saturated heterocycles. The Morgan fingerprint density at radius 1 is 1.12 bits per heavy atom. The second-order valence-electron chi connectivity index (χ2n) is 5.92. The molecule has 0 fully saturated rings. The number of hydrogen-bond donors (Lipinski definition) is 1. The molecule has 2 aromatic carbocycles. The van der Waals surface area contributed by atoms with E-state index >= 15 is 0 Å². The van der Waals surface area contributed by atoms with E-state index in [1.165, 1.54) is 13.2 Å². The van der Waals surface area contributed by atoms with Gasteiger partial charge in [-0.3, -0.25) is 4.72 Å². The number of rotatable bonds is 6. The van der Waals surface area contributed by atoms with Crippen LogP contribution in [-0.4, -0.2) is 21.5 Å². The fourth-order valence-electron chi connectivity index (χ4n) is 2.32. The summed E-state index contributed by atoms with van der Waals surface area (Å²) in [4.78, 5) is 11.7. The zero-order valence-electron chi connectivity index (χ0n) is 13.9. The number of esters is 1. The number of carbonyl (C=O) groups excluding carboxylic acids is 1. The molecule has 2 rings (SSSR count).